The normalized spacial score (nSPS) is 17.4. The van der Waals surface area contributed by atoms with E-state index < -0.39 is 9.84 Å². The quantitative estimate of drug-likeness (QED) is 0.762. The largest absolute Gasteiger partial charge is 0.376 e. The van der Waals surface area contributed by atoms with Gasteiger partial charge in [0, 0.05) is 40.7 Å². The van der Waals surface area contributed by atoms with Gasteiger partial charge in [-0.25, -0.2) is 8.42 Å². The van der Waals surface area contributed by atoms with Gasteiger partial charge in [-0.05, 0) is 35.7 Å². The average molecular weight is 371 g/mol. The van der Waals surface area contributed by atoms with Crippen LogP contribution in [0.4, 0.5) is 0 Å². The van der Waals surface area contributed by atoms with Crippen molar-refractivity contribution in [1.29, 1.82) is 0 Å². The molecule has 0 saturated heterocycles. The lowest BCUT2D eigenvalue weighted by Gasteiger charge is -2.27. The van der Waals surface area contributed by atoms with Crippen LogP contribution in [0.3, 0.4) is 0 Å². The number of pyridine rings is 1. The molecule has 6 nitrogen and oxygen atoms in total. The second-order valence-corrected chi connectivity index (χ2v) is 9.14. The minimum atomic E-state index is -3.09. The zero-order valence-electron chi connectivity index (χ0n) is 14.8. The van der Waals surface area contributed by atoms with Gasteiger partial charge in [0.05, 0.1) is 24.5 Å². The molecular formula is C19H21N3O3S. The summed E-state index contributed by atoms with van der Waals surface area (Å²) in [6.45, 7) is 4.55. The molecule has 0 amide bonds. The number of aromatic amines is 1. The minimum Gasteiger partial charge on any atom is -0.376 e. The maximum absolute atomic E-state index is 12.1. The Kier molecular flexibility index (Phi) is 4.28. The third-order valence-electron chi connectivity index (χ3n) is 5.05. The fraction of sp³-hybridized carbons (Fsp3) is 0.368. The van der Waals surface area contributed by atoms with Crippen LogP contribution in [0.5, 0.6) is 0 Å². The summed E-state index contributed by atoms with van der Waals surface area (Å²) in [6, 6.07) is 6.10. The molecule has 3 aromatic rings. The van der Waals surface area contributed by atoms with Crippen molar-refractivity contribution in [2.24, 2.45) is 0 Å². The standard InChI is InChI=1S/C19H21N3O3S/c1-3-26(23,24)11-14-9-25-10-18-16(7-20-8-17(14)18)13-4-5-19-15(6-13)12(2)21-22-19/h4-8,14H,3,9-11H2,1-2H3,(H,21,22). The molecule has 0 bridgehead atoms. The van der Waals surface area contributed by atoms with Crippen molar-refractivity contribution in [3.8, 4) is 11.1 Å². The van der Waals surface area contributed by atoms with Crippen LogP contribution in [-0.2, 0) is 21.2 Å². The molecule has 0 spiro atoms. The van der Waals surface area contributed by atoms with Gasteiger partial charge in [0.2, 0.25) is 0 Å². The Bertz CT molecular complexity index is 1070. The number of benzene rings is 1. The first-order chi connectivity index (χ1) is 12.5. The van der Waals surface area contributed by atoms with Gasteiger partial charge in [-0.2, -0.15) is 5.10 Å². The van der Waals surface area contributed by atoms with E-state index >= 15 is 0 Å². The van der Waals surface area contributed by atoms with Gasteiger partial charge in [0.25, 0.3) is 0 Å². The number of nitrogens with zero attached hydrogens (tertiary/aromatic N) is 2. The molecule has 1 N–H and O–H groups in total. The highest BCUT2D eigenvalue weighted by atomic mass is 32.2. The number of aromatic nitrogens is 3. The summed E-state index contributed by atoms with van der Waals surface area (Å²) in [5.74, 6) is 0.0692. The summed E-state index contributed by atoms with van der Waals surface area (Å²) in [7, 11) is -3.09. The molecule has 0 aliphatic carbocycles. The van der Waals surface area contributed by atoms with Gasteiger partial charge >= 0.3 is 0 Å². The van der Waals surface area contributed by atoms with Crippen molar-refractivity contribution in [2.45, 2.75) is 26.4 Å². The highest BCUT2D eigenvalue weighted by Gasteiger charge is 2.27. The molecule has 4 rings (SSSR count). The van der Waals surface area contributed by atoms with Crippen LogP contribution in [-0.4, -0.2) is 41.7 Å². The van der Waals surface area contributed by atoms with Crippen LogP contribution < -0.4 is 0 Å². The molecule has 1 aliphatic heterocycles. The maximum Gasteiger partial charge on any atom is 0.150 e. The van der Waals surface area contributed by atoms with E-state index in [1.165, 1.54) is 0 Å². The van der Waals surface area contributed by atoms with Gasteiger partial charge in [-0.1, -0.05) is 13.0 Å². The molecule has 0 radical (unpaired) electrons. The van der Waals surface area contributed by atoms with E-state index in [2.05, 4.69) is 21.2 Å². The number of ether oxygens (including phenoxy) is 1. The zero-order chi connectivity index (χ0) is 18.3. The summed E-state index contributed by atoms with van der Waals surface area (Å²) >= 11 is 0. The summed E-state index contributed by atoms with van der Waals surface area (Å²) in [5, 5.41) is 8.34. The molecular weight excluding hydrogens is 350 g/mol. The van der Waals surface area contributed by atoms with E-state index in [1.54, 1.807) is 13.1 Å². The monoisotopic (exact) mass is 371 g/mol. The number of fused-ring (bicyclic) bond motifs is 2. The Labute approximate surface area is 152 Å². The smallest absolute Gasteiger partial charge is 0.150 e. The predicted octanol–water partition coefficient (Wildman–Crippen LogP) is 2.98. The molecule has 136 valence electrons. The van der Waals surface area contributed by atoms with Crippen LogP contribution in [0.25, 0.3) is 22.0 Å². The Morgan fingerprint density at radius 3 is 2.96 bits per heavy atom. The molecule has 1 aliphatic rings. The molecule has 0 fully saturated rings. The first-order valence-corrected chi connectivity index (χ1v) is 10.5. The maximum atomic E-state index is 12.1. The van der Waals surface area contributed by atoms with Crippen molar-refractivity contribution in [3.05, 3.63) is 47.4 Å². The third-order valence-corrected chi connectivity index (χ3v) is 6.84. The number of hydrogen-bond donors (Lipinski definition) is 1. The van der Waals surface area contributed by atoms with Gasteiger partial charge in [0.1, 0.15) is 0 Å². The van der Waals surface area contributed by atoms with Crippen molar-refractivity contribution >= 4 is 20.7 Å². The van der Waals surface area contributed by atoms with E-state index in [0.29, 0.717) is 13.2 Å². The van der Waals surface area contributed by atoms with Crippen LogP contribution in [0.15, 0.2) is 30.6 Å². The van der Waals surface area contributed by atoms with Gasteiger partial charge in [0.15, 0.2) is 9.84 Å². The summed E-state index contributed by atoms with van der Waals surface area (Å²) in [4.78, 5) is 4.40. The molecule has 7 heteroatoms. The van der Waals surface area contributed by atoms with Crippen molar-refractivity contribution < 1.29 is 13.2 Å². The van der Waals surface area contributed by atoms with Crippen molar-refractivity contribution in [1.82, 2.24) is 15.2 Å². The van der Waals surface area contributed by atoms with E-state index in [-0.39, 0.29) is 17.4 Å². The second kappa shape index (κ2) is 6.48. The van der Waals surface area contributed by atoms with Crippen molar-refractivity contribution in [3.63, 3.8) is 0 Å². The minimum absolute atomic E-state index is 0.0987. The molecule has 1 unspecified atom stereocenters. The lowest BCUT2D eigenvalue weighted by atomic mass is 9.90. The molecule has 0 saturated carbocycles. The Balaban J connectivity index is 1.80. The molecule has 3 heterocycles. The van der Waals surface area contributed by atoms with Gasteiger partial charge in [-0.15, -0.1) is 0 Å². The van der Waals surface area contributed by atoms with Gasteiger partial charge < -0.3 is 4.74 Å². The number of nitrogens with one attached hydrogen (secondary N) is 1. The van der Waals surface area contributed by atoms with Crippen LogP contribution >= 0.6 is 0 Å². The number of aryl methyl sites for hydroxylation is 1. The third kappa shape index (κ3) is 3.01. The number of sulfone groups is 1. The number of H-pyrrole nitrogens is 1. The topological polar surface area (TPSA) is 84.9 Å². The molecule has 26 heavy (non-hydrogen) atoms. The Morgan fingerprint density at radius 1 is 1.31 bits per heavy atom. The summed E-state index contributed by atoms with van der Waals surface area (Å²) in [5.41, 5.74) is 5.98. The highest BCUT2D eigenvalue weighted by molar-refractivity contribution is 7.91. The lowest BCUT2D eigenvalue weighted by molar-refractivity contribution is 0.0958. The Morgan fingerprint density at radius 2 is 2.15 bits per heavy atom. The van der Waals surface area contributed by atoms with E-state index in [4.69, 9.17) is 4.74 Å². The lowest BCUT2D eigenvalue weighted by Crippen LogP contribution is -2.25. The van der Waals surface area contributed by atoms with Crippen LogP contribution in [0, 0.1) is 6.92 Å². The predicted molar refractivity (Wildman–Crippen MR) is 101 cm³/mol. The van der Waals surface area contributed by atoms with Gasteiger partial charge in [-0.3, -0.25) is 10.1 Å². The van der Waals surface area contributed by atoms with Crippen LogP contribution in [0.1, 0.15) is 29.7 Å². The zero-order valence-corrected chi connectivity index (χ0v) is 15.6. The average Bonchev–Trinajstić information content (AvgIpc) is 3.02. The molecule has 1 aromatic carbocycles. The van der Waals surface area contributed by atoms with E-state index in [9.17, 15) is 8.42 Å². The number of rotatable bonds is 4. The Hall–Kier alpha value is -2.25. The summed E-state index contributed by atoms with van der Waals surface area (Å²) in [6.07, 6.45) is 3.62. The first-order valence-electron chi connectivity index (χ1n) is 8.68. The fourth-order valence-corrected chi connectivity index (χ4v) is 4.65. The second-order valence-electron chi connectivity index (χ2n) is 6.75. The van der Waals surface area contributed by atoms with E-state index in [0.717, 1.165) is 38.9 Å². The molecule has 2 aromatic heterocycles. The SMILES string of the molecule is CCS(=O)(=O)CC1COCc2c(-c3ccc4n[nH]c(C)c4c3)cncc21. The molecule has 1 atom stereocenters. The summed E-state index contributed by atoms with van der Waals surface area (Å²) < 4.78 is 29.9. The fourth-order valence-electron chi connectivity index (χ4n) is 3.53. The van der Waals surface area contributed by atoms with Crippen molar-refractivity contribution in [2.75, 3.05) is 18.1 Å². The highest BCUT2D eigenvalue weighted by Crippen LogP contribution is 2.35. The number of hydrogen-bond acceptors (Lipinski definition) is 5. The first kappa shape index (κ1) is 17.2. The van der Waals surface area contributed by atoms with E-state index in [1.807, 2.05) is 25.3 Å². The van der Waals surface area contributed by atoms with Crippen LogP contribution in [0.2, 0.25) is 0 Å².